The summed E-state index contributed by atoms with van der Waals surface area (Å²) >= 11 is 5.62. The summed E-state index contributed by atoms with van der Waals surface area (Å²) in [6, 6.07) is 3.52. The molecule has 1 aromatic rings. The predicted molar refractivity (Wildman–Crippen MR) is 46.8 cm³/mol. The number of carbonyl (C=O) groups is 1. The lowest BCUT2D eigenvalue weighted by Crippen LogP contribution is -2.19. The predicted octanol–water partition coefficient (Wildman–Crippen LogP) is 1.37. The third kappa shape index (κ3) is 2.88. The van der Waals surface area contributed by atoms with E-state index < -0.39 is 0 Å². The maximum atomic E-state index is 10.5. The highest BCUT2D eigenvalue weighted by Crippen LogP contribution is 2.05. The van der Waals surface area contributed by atoms with Crippen molar-refractivity contribution in [1.29, 1.82) is 0 Å². The van der Waals surface area contributed by atoms with Gasteiger partial charge in [0.25, 0.3) is 0 Å². The van der Waals surface area contributed by atoms with Gasteiger partial charge in [-0.2, -0.15) is 0 Å². The number of amides is 1. The Bertz CT molecular complexity index is 271. The largest absolute Gasteiger partial charge is 0.351 e. The van der Waals surface area contributed by atoms with Crippen LogP contribution in [0.3, 0.4) is 0 Å². The van der Waals surface area contributed by atoms with Gasteiger partial charge in [-0.3, -0.25) is 9.78 Å². The second-order valence-corrected chi connectivity index (χ2v) is 2.81. The van der Waals surface area contributed by atoms with Crippen molar-refractivity contribution in [3.05, 3.63) is 29.0 Å². The van der Waals surface area contributed by atoms with Crippen molar-refractivity contribution in [3.8, 4) is 0 Å². The zero-order valence-corrected chi connectivity index (χ0v) is 7.43. The van der Waals surface area contributed by atoms with E-state index in [1.807, 2.05) is 0 Å². The van der Waals surface area contributed by atoms with Gasteiger partial charge in [0.05, 0.1) is 17.3 Å². The highest BCUT2D eigenvalue weighted by atomic mass is 35.5. The molecule has 1 heterocycles. The van der Waals surface area contributed by atoms with Crippen LogP contribution in [-0.4, -0.2) is 10.9 Å². The molecule has 0 bridgehead atoms. The second-order valence-electron chi connectivity index (χ2n) is 2.38. The summed E-state index contributed by atoms with van der Waals surface area (Å²) in [7, 11) is 0. The number of rotatable bonds is 2. The number of carbonyl (C=O) groups excluding carboxylic acids is 1. The van der Waals surface area contributed by atoms with Crippen LogP contribution in [0.5, 0.6) is 0 Å². The van der Waals surface area contributed by atoms with Gasteiger partial charge in [0.1, 0.15) is 0 Å². The zero-order chi connectivity index (χ0) is 8.97. The third-order valence-electron chi connectivity index (χ3n) is 1.31. The van der Waals surface area contributed by atoms with Crippen molar-refractivity contribution in [1.82, 2.24) is 10.3 Å². The van der Waals surface area contributed by atoms with E-state index in [0.29, 0.717) is 11.6 Å². The number of pyridine rings is 1. The summed E-state index contributed by atoms with van der Waals surface area (Å²) < 4.78 is 0. The minimum Gasteiger partial charge on any atom is -0.351 e. The average Bonchev–Trinajstić information content (AvgIpc) is 2.03. The Morgan fingerprint density at radius 1 is 1.67 bits per heavy atom. The Balaban J connectivity index is 2.53. The first-order valence-electron chi connectivity index (χ1n) is 3.53. The molecule has 4 heteroatoms. The Labute approximate surface area is 75.8 Å². The fourth-order valence-electron chi connectivity index (χ4n) is 0.726. The standard InChI is InChI=1S/C8H9ClN2O/c1-6(12)10-5-8-3-2-7(9)4-11-8/h2-4H,5H2,1H3,(H,10,12). The average molecular weight is 185 g/mol. The monoisotopic (exact) mass is 184 g/mol. The molecular formula is C8H9ClN2O. The zero-order valence-electron chi connectivity index (χ0n) is 6.67. The first kappa shape index (κ1) is 9.00. The van der Waals surface area contributed by atoms with Crippen LogP contribution in [0.4, 0.5) is 0 Å². The van der Waals surface area contributed by atoms with Crippen molar-refractivity contribution in [2.45, 2.75) is 13.5 Å². The van der Waals surface area contributed by atoms with Gasteiger partial charge in [0.2, 0.25) is 5.91 Å². The van der Waals surface area contributed by atoms with E-state index in [9.17, 15) is 4.79 Å². The Hall–Kier alpha value is -1.09. The smallest absolute Gasteiger partial charge is 0.217 e. The fourth-order valence-corrected chi connectivity index (χ4v) is 0.838. The summed E-state index contributed by atoms with van der Waals surface area (Å²) in [5.74, 6) is -0.0632. The van der Waals surface area contributed by atoms with E-state index in [2.05, 4.69) is 10.3 Å². The molecule has 1 N–H and O–H groups in total. The van der Waals surface area contributed by atoms with Crippen molar-refractivity contribution in [2.75, 3.05) is 0 Å². The Kier molecular flexibility index (Phi) is 3.05. The molecule has 0 aromatic carbocycles. The van der Waals surface area contributed by atoms with Gasteiger partial charge in [-0.15, -0.1) is 0 Å². The molecule has 0 fully saturated rings. The van der Waals surface area contributed by atoms with Gasteiger partial charge in [-0.25, -0.2) is 0 Å². The maximum absolute atomic E-state index is 10.5. The summed E-state index contributed by atoms with van der Waals surface area (Å²) in [4.78, 5) is 14.5. The molecule has 0 aliphatic carbocycles. The van der Waals surface area contributed by atoms with E-state index in [1.165, 1.54) is 6.92 Å². The number of nitrogens with zero attached hydrogens (tertiary/aromatic N) is 1. The van der Waals surface area contributed by atoms with E-state index in [0.717, 1.165) is 5.69 Å². The van der Waals surface area contributed by atoms with Crippen LogP contribution in [0.25, 0.3) is 0 Å². The minimum atomic E-state index is -0.0632. The van der Waals surface area contributed by atoms with E-state index in [-0.39, 0.29) is 5.91 Å². The lowest BCUT2D eigenvalue weighted by Gasteiger charge is -2.00. The van der Waals surface area contributed by atoms with Gasteiger partial charge in [-0.1, -0.05) is 11.6 Å². The number of hydrogen-bond donors (Lipinski definition) is 1. The van der Waals surface area contributed by atoms with Gasteiger partial charge >= 0.3 is 0 Å². The normalized spacial score (nSPS) is 9.50. The summed E-state index contributed by atoms with van der Waals surface area (Å²) in [6.45, 7) is 1.92. The minimum absolute atomic E-state index is 0.0632. The summed E-state index contributed by atoms with van der Waals surface area (Å²) in [5.41, 5.74) is 0.801. The second kappa shape index (κ2) is 4.07. The van der Waals surface area contributed by atoms with Crippen LogP contribution in [-0.2, 0) is 11.3 Å². The molecule has 3 nitrogen and oxygen atoms in total. The van der Waals surface area contributed by atoms with Gasteiger partial charge in [0.15, 0.2) is 0 Å². The highest BCUT2D eigenvalue weighted by Gasteiger charge is 1.95. The molecule has 0 spiro atoms. The molecule has 0 aliphatic heterocycles. The van der Waals surface area contributed by atoms with Gasteiger partial charge < -0.3 is 5.32 Å². The highest BCUT2D eigenvalue weighted by molar-refractivity contribution is 6.30. The van der Waals surface area contributed by atoms with Crippen molar-refractivity contribution in [3.63, 3.8) is 0 Å². The van der Waals surface area contributed by atoms with Crippen molar-refractivity contribution in [2.24, 2.45) is 0 Å². The van der Waals surface area contributed by atoms with Crippen LogP contribution in [0.1, 0.15) is 12.6 Å². The van der Waals surface area contributed by atoms with Crippen LogP contribution in [0.15, 0.2) is 18.3 Å². The SMILES string of the molecule is CC(=O)NCc1ccc(Cl)cn1. The molecule has 0 radical (unpaired) electrons. The molecule has 0 aliphatic rings. The molecule has 1 rings (SSSR count). The molecule has 12 heavy (non-hydrogen) atoms. The summed E-state index contributed by atoms with van der Waals surface area (Å²) in [5, 5.41) is 3.24. The topological polar surface area (TPSA) is 42.0 Å². The number of nitrogens with one attached hydrogen (secondary N) is 1. The Morgan fingerprint density at radius 3 is 2.92 bits per heavy atom. The van der Waals surface area contributed by atoms with Crippen LogP contribution in [0, 0.1) is 0 Å². The lowest BCUT2D eigenvalue weighted by molar-refractivity contribution is -0.119. The van der Waals surface area contributed by atoms with Gasteiger partial charge in [-0.05, 0) is 12.1 Å². The third-order valence-corrected chi connectivity index (χ3v) is 1.53. The van der Waals surface area contributed by atoms with Gasteiger partial charge in [0, 0.05) is 13.1 Å². The molecule has 0 saturated carbocycles. The molecule has 0 saturated heterocycles. The van der Waals surface area contributed by atoms with E-state index in [1.54, 1.807) is 18.3 Å². The van der Waals surface area contributed by atoms with Crippen LogP contribution < -0.4 is 5.32 Å². The molecular weight excluding hydrogens is 176 g/mol. The number of aromatic nitrogens is 1. The molecule has 1 amide bonds. The first-order valence-corrected chi connectivity index (χ1v) is 3.91. The number of hydrogen-bond acceptors (Lipinski definition) is 2. The maximum Gasteiger partial charge on any atom is 0.217 e. The molecule has 1 aromatic heterocycles. The molecule has 64 valence electrons. The van der Waals surface area contributed by atoms with Crippen LogP contribution in [0.2, 0.25) is 5.02 Å². The fraction of sp³-hybridized carbons (Fsp3) is 0.250. The van der Waals surface area contributed by atoms with Crippen molar-refractivity contribution >= 4 is 17.5 Å². The molecule has 0 unspecified atom stereocenters. The Morgan fingerprint density at radius 2 is 2.42 bits per heavy atom. The van der Waals surface area contributed by atoms with Crippen LogP contribution >= 0.6 is 11.6 Å². The van der Waals surface area contributed by atoms with E-state index in [4.69, 9.17) is 11.6 Å². The quantitative estimate of drug-likeness (QED) is 0.755. The van der Waals surface area contributed by atoms with Crippen molar-refractivity contribution < 1.29 is 4.79 Å². The lowest BCUT2D eigenvalue weighted by atomic mass is 10.3. The first-order chi connectivity index (χ1) is 5.68. The van der Waals surface area contributed by atoms with E-state index >= 15 is 0 Å². The summed E-state index contributed by atoms with van der Waals surface area (Å²) in [6.07, 6.45) is 1.55. The molecule has 0 atom stereocenters. The number of halogens is 1.